The van der Waals surface area contributed by atoms with E-state index in [1.807, 2.05) is 30.3 Å². The van der Waals surface area contributed by atoms with Crippen molar-refractivity contribution in [3.05, 3.63) is 67.7 Å². The van der Waals surface area contributed by atoms with Crippen LogP contribution in [0.4, 0.5) is 0 Å². The predicted octanol–water partition coefficient (Wildman–Crippen LogP) is 5.15. The average molecular weight is 387 g/mol. The molecule has 1 unspecified atom stereocenters. The lowest BCUT2D eigenvalue weighted by molar-refractivity contribution is 0.219. The van der Waals surface area contributed by atoms with Crippen molar-refractivity contribution < 1.29 is 5.11 Å². The SMILES string of the molecule is CC(C)c1ccc(C(O)c2cc(Cl)ccc2I)cc1. The van der Waals surface area contributed by atoms with Gasteiger partial charge in [-0.05, 0) is 63.4 Å². The van der Waals surface area contributed by atoms with Gasteiger partial charge in [-0.25, -0.2) is 0 Å². The quantitative estimate of drug-likeness (QED) is 0.723. The fourth-order valence-corrected chi connectivity index (χ4v) is 2.78. The number of rotatable bonds is 3. The van der Waals surface area contributed by atoms with Gasteiger partial charge in [-0.15, -0.1) is 0 Å². The van der Waals surface area contributed by atoms with E-state index in [9.17, 15) is 5.11 Å². The molecule has 0 aliphatic heterocycles. The van der Waals surface area contributed by atoms with E-state index in [2.05, 4.69) is 48.6 Å². The first-order chi connectivity index (χ1) is 8.99. The van der Waals surface area contributed by atoms with E-state index in [4.69, 9.17) is 11.6 Å². The Kier molecular flexibility index (Phi) is 4.87. The number of aliphatic hydroxyl groups is 1. The lowest BCUT2D eigenvalue weighted by Crippen LogP contribution is -2.02. The normalized spacial score (nSPS) is 12.7. The maximum absolute atomic E-state index is 10.5. The minimum absolute atomic E-state index is 0.498. The van der Waals surface area contributed by atoms with Gasteiger partial charge in [-0.1, -0.05) is 49.7 Å². The highest BCUT2D eigenvalue weighted by molar-refractivity contribution is 14.1. The van der Waals surface area contributed by atoms with Crippen molar-refractivity contribution in [2.45, 2.75) is 25.9 Å². The molecule has 100 valence electrons. The molecule has 0 saturated heterocycles. The van der Waals surface area contributed by atoms with Crippen LogP contribution in [-0.4, -0.2) is 5.11 Å². The number of hydrogen-bond donors (Lipinski definition) is 1. The fraction of sp³-hybridized carbons (Fsp3) is 0.250. The second-order valence-electron chi connectivity index (χ2n) is 4.89. The molecule has 3 heteroatoms. The Hall–Kier alpha value is -0.580. The molecule has 0 bridgehead atoms. The second-order valence-corrected chi connectivity index (χ2v) is 6.49. The summed E-state index contributed by atoms with van der Waals surface area (Å²) in [6.07, 6.45) is -0.633. The van der Waals surface area contributed by atoms with Gasteiger partial charge in [0, 0.05) is 8.59 Å². The molecule has 0 radical (unpaired) electrons. The molecule has 19 heavy (non-hydrogen) atoms. The van der Waals surface area contributed by atoms with Gasteiger partial charge in [0.05, 0.1) is 0 Å². The zero-order chi connectivity index (χ0) is 14.0. The van der Waals surface area contributed by atoms with Crippen molar-refractivity contribution in [2.75, 3.05) is 0 Å². The molecule has 0 amide bonds. The highest BCUT2D eigenvalue weighted by Gasteiger charge is 2.14. The smallest absolute Gasteiger partial charge is 0.105 e. The minimum atomic E-state index is -0.633. The van der Waals surface area contributed by atoms with Gasteiger partial charge in [0.25, 0.3) is 0 Å². The van der Waals surface area contributed by atoms with Crippen molar-refractivity contribution in [3.63, 3.8) is 0 Å². The van der Waals surface area contributed by atoms with Crippen molar-refractivity contribution in [1.82, 2.24) is 0 Å². The first-order valence-corrected chi connectivity index (χ1v) is 7.67. The summed E-state index contributed by atoms with van der Waals surface area (Å²) in [7, 11) is 0. The molecule has 0 fully saturated rings. The molecule has 2 aromatic carbocycles. The number of hydrogen-bond acceptors (Lipinski definition) is 1. The van der Waals surface area contributed by atoms with Crippen LogP contribution in [0.2, 0.25) is 5.02 Å². The zero-order valence-corrected chi connectivity index (χ0v) is 13.8. The van der Waals surface area contributed by atoms with Gasteiger partial charge < -0.3 is 5.11 Å². The average Bonchev–Trinajstić information content (AvgIpc) is 2.41. The molecule has 0 spiro atoms. The molecule has 1 nitrogen and oxygen atoms in total. The highest BCUT2D eigenvalue weighted by atomic mass is 127. The molecule has 0 aromatic heterocycles. The molecular formula is C16H16ClIO. The van der Waals surface area contributed by atoms with Crippen LogP contribution in [0.5, 0.6) is 0 Å². The summed E-state index contributed by atoms with van der Waals surface area (Å²) in [6, 6.07) is 13.7. The van der Waals surface area contributed by atoms with Gasteiger partial charge in [0.15, 0.2) is 0 Å². The van der Waals surface area contributed by atoms with Gasteiger partial charge in [0.1, 0.15) is 6.10 Å². The molecule has 1 atom stereocenters. The van der Waals surface area contributed by atoms with Crippen molar-refractivity contribution >= 4 is 34.2 Å². The highest BCUT2D eigenvalue weighted by Crippen LogP contribution is 2.29. The maximum Gasteiger partial charge on any atom is 0.105 e. The number of benzene rings is 2. The van der Waals surface area contributed by atoms with E-state index in [0.29, 0.717) is 10.9 Å². The molecular weight excluding hydrogens is 371 g/mol. The molecule has 0 aliphatic carbocycles. The maximum atomic E-state index is 10.5. The van der Waals surface area contributed by atoms with E-state index in [0.717, 1.165) is 14.7 Å². The Balaban J connectivity index is 2.33. The Labute approximate surface area is 132 Å². The molecule has 1 N–H and O–H groups in total. The topological polar surface area (TPSA) is 20.2 Å². The van der Waals surface area contributed by atoms with Gasteiger partial charge in [-0.3, -0.25) is 0 Å². The standard InChI is InChI=1S/C16H16ClIO/c1-10(2)11-3-5-12(6-4-11)16(19)14-9-13(17)7-8-15(14)18/h3-10,16,19H,1-2H3. The third-order valence-electron chi connectivity index (χ3n) is 3.17. The van der Waals surface area contributed by atoms with Crippen molar-refractivity contribution in [3.8, 4) is 0 Å². The van der Waals surface area contributed by atoms with Crippen LogP contribution in [0.1, 0.15) is 42.6 Å². The summed E-state index contributed by atoms with van der Waals surface area (Å²) in [5.74, 6) is 0.498. The van der Waals surface area contributed by atoms with E-state index in [-0.39, 0.29) is 0 Å². The zero-order valence-electron chi connectivity index (χ0n) is 10.9. The first kappa shape index (κ1) is 14.8. The molecule has 0 heterocycles. The summed E-state index contributed by atoms with van der Waals surface area (Å²) < 4.78 is 1.02. The Morgan fingerprint density at radius 2 is 1.58 bits per heavy atom. The molecule has 0 saturated carbocycles. The first-order valence-electron chi connectivity index (χ1n) is 6.22. The minimum Gasteiger partial charge on any atom is -0.384 e. The van der Waals surface area contributed by atoms with E-state index in [1.165, 1.54) is 5.56 Å². The van der Waals surface area contributed by atoms with Crippen LogP contribution in [0.15, 0.2) is 42.5 Å². The summed E-state index contributed by atoms with van der Waals surface area (Å²) in [6.45, 7) is 4.32. The van der Waals surface area contributed by atoms with E-state index in [1.54, 1.807) is 0 Å². The van der Waals surface area contributed by atoms with Crippen LogP contribution in [0.25, 0.3) is 0 Å². The van der Waals surface area contributed by atoms with Crippen LogP contribution in [0, 0.1) is 3.57 Å². The lowest BCUT2D eigenvalue weighted by Gasteiger charge is -2.15. The van der Waals surface area contributed by atoms with Gasteiger partial charge in [-0.2, -0.15) is 0 Å². The summed E-state index contributed by atoms with van der Waals surface area (Å²) >= 11 is 8.22. The van der Waals surface area contributed by atoms with E-state index >= 15 is 0 Å². The fourth-order valence-electron chi connectivity index (χ4n) is 1.97. The lowest BCUT2D eigenvalue weighted by atomic mass is 9.97. The largest absolute Gasteiger partial charge is 0.384 e. The Morgan fingerprint density at radius 3 is 2.16 bits per heavy atom. The predicted molar refractivity (Wildman–Crippen MR) is 88.8 cm³/mol. The molecule has 0 aliphatic rings. The third-order valence-corrected chi connectivity index (χ3v) is 4.39. The van der Waals surface area contributed by atoms with Gasteiger partial charge in [0.2, 0.25) is 0 Å². The van der Waals surface area contributed by atoms with Crippen LogP contribution in [0.3, 0.4) is 0 Å². The van der Waals surface area contributed by atoms with Gasteiger partial charge >= 0.3 is 0 Å². The Morgan fingerprint density at radius 1 is 1.00 bits per heavy atom. The van der Waals surface area contributed by atoms with Crippen molar-refractivity contribution in [1.29, 1.82) is 0 Å². The van der Waals surface area contributed by atoms with Crippen LogP contribution >= 0.6 is 34.2 Å². The Bertz CT molecular complexity index is 563. The summed E-state index contributed by atoms with van der Waals surface area (Å²) in [5.41, 5.74) is 3.02. The van der Waals surface area contributed by atoms with E-state index < -0.39 is 6.10 Å². The monoisotopic (exact) mass is 386 g/mol. The summed E-state index contributed by atoms with van der Waals surface area (Å²) in [5, 5.41) is 11.1. The molecule has 2 aromatic rings. The third kappa shape index (κ3) is 3.50. The number of aliphatic hydroxyl groups excluding tert-OH is 1. The van der Waals surface area contributed by atoms with Crippen molar-refractivity contribution in [2.24, 2.45) is 0 Å². The molecule has 2 rings (SSSR count). The van der Waals surface area contributed by atoms with Crippen LogP contribution < -0.4 is 0 Å². The van der Waals surface area contributed by atoms with Crippen LogP contribution in [-0.2, 0) is 0 Å². The second kappa shape index (κ2) is 6.25. The number of halogens is 2. The summed E-state index contributed by atoms with van der Waals surface area (Å²) in [4.78, 5) is 0.